The lowest BCUT2D eigenvalue weighted by atomic mass is 10.2. The molecule has 12 heteroatoms. The van der Waals surface area contributed by atoms with Gasteiger partial charge in [-0.3, -0.25) is 14.7 Å². The molecule has 0 spiro atoms. The minimum Gasteiger partial charge on any atom is -0.394 e. The minimum atomic E-state index is -3.55. The summed E-state index contributed by atoms with van der Waals surface area (Å²) in [6.45, 7) is 6.42. The Balaban J connectivity index is 2.02. The van der Waals surface area contributed by atoms with E-state index in [1.165, 1.54) is 3.96 Å². The van der Waals surface area contributed by atoms with E-state index >= 15 is 0 Å². The Labute approximate surface area is 184 Å². The zero-order valence-corrected chi connectivity index (χ0v) is 19.6. The molecule has 0 aliphatic heterocycles. The lowest BCUT2D eigenvalue weighted by Crippen LogP contribution is -2.29. The maximum absolute atomic E-state index is 12.9. The Morgan fingerprint density at radius 3 is 2.35 bits per heavy atom. The molecule has 0 radical (unpaired) electrons. The number of hydrogen-bond donors (Lipinski definition) is 2. The van der Waals surface area contributed by atoms with Gasteiger partial charge in [0.1, 0.15) is 12.5 Å². The van der Waals surface area contributed by atoms with Crippen molar-refractivity contribution >= 4 is 30.2 Å². The van der Waals surface area contributed by atoms with Gasteiger partial charge in [0, 0.05) is 5.56 Å². The molecule has 0 unspecified atom stereocenters. The number of nitrogens with zero attached hydrogens (tertiary/aromatic N) is 2. The topological polar surface area (TPSA) is 129 Å². The van der Waals surface area contributed by atoms with Crippen LogP contribution < -0.4 is 11.0 Å². The third-order valence-electron chi connectivity index (χ3n) is 3.65. The molecule has 2 aromatic rings. The average molecular weight is 473 g/mol. The maximum Gasteiger partial charge on any atom is 0.359 e. The van der Waals surface area contributed by atoms with Crippen LogP contribution in [0, 0.1) is 0 Å². The molecule has 1 aromatic heterocycles. The fourth-order valence-electron chi connectivity index (χ4n) is 2.50. The van der Waals surface area contributed by atoms with Gasteiger partial charge in [-0.15, -0.1) is 0 Å². The normalized spacial score (nSPS) is 13.0. The highest BCUT2D eigenvalue weighted by molar-refractivity contribution is 7.53. The van der Waals surface area contributed by atoms with E-state index in [9.17, 15) is 19.3 Å². The van der Waals surface area contributed by atoms with Crippen molar-refractivity contribution in [3.63, 3.8) is 0 Å². The van der Waals surface area contributed by atoms with Gasteiger partial charge in [-0.05, 0) is 51.4 Å². The number of ether oxygens (including phenoxy) is 1. The van der Waals surface area contributed by atoms with Gasteiger partial charge in [-0.1, -0.05) is 18.2 Å². The second kappa shape index (κ2) is 11.7. The van der Waals surface area contributed by atoms with E-state index in [-0.39, 0.29) is 30.2 Å². The van der Waals surface area contributed by atoms with Crippen LogP contribution in [-0.4, -0.2) is 51.2 Å². The Hall–Kier alpha value is -1.88. The Kier molecular flexibility index (Phi) is 9.54. The highest BCUT2D eigenvalue weighted by Gasteiger charge is 2.30. The third-order valence-corrected chi connectivity index (χ3v) is 6.49. The number of aliphatic hydroxyl groups is 1. The number of amides is 1. The van der Waals surface area contributed by atoms with Crippen LogP contribution in [0.4, 0.5) is 5.13 Å². The van der Waals surface area contributed by atoms with Crippen LogP contribution in [0.2, 0.25) is 0 Å². The molecule has 0 saturated heterocycles. The van der Waals surface area contributed by atoms with Crippen molar-refractivity contribution in [2.75, 3.05) is 18.3 Å². The summed E-state index contributed by atoms with van der Waals surface area (Å²) < 4.78 is 30.5. The number of aliphatic hydroxyl groups excluding tert-OH is 1. The van der Waals surface area contributed by atoms with E-state index in [4.69, 9.17) is 13.8 Å². The predicted molar refractivity (Wildman–Crippen MR) is 118 cm³/mol. The summed E-state index contributed by atoms with van der Waals surface area (Å²) >= 11 is 0.919. The number of aromatic nitrogens is 2. The van der Waals surface area contributed by atoms with E-state index in [0.29, 0.717) is 5.56 Å². The van der Waals surface area contributed by atoms with Crippen LogP contribution in [0.1, 0.15) is 38.1 Å². The number of hydrogen-bond acceptors (Lipinski definition) is 9. The van der Waals surface area contributed by atoms with Crippen LogP contribution >= 0.6 is 19.1 Å². The van der Waals surface area contributed by atoms with E-state index < -0.39 is 31.9 Å². The lowest BCUT2D eigenvalue weighted by molar-refractivity contribution is 0.0117. The fourth-order valence-corrected chi connectivity index (χ4v) is 5.18. The molecular weight excluding hydrogens is 445 g/mol. The van der Waals surface area contributed by atoms with Gasteiger partial charge in [-0.2, -0.15) is 4.98 Å². The van der Waals surface area contributed by atoms with Crippen molar-refractivity contribution in [1.29, 1.82) is 0 Å². The molecule has 0 saturated carbocycles. The molecule has 10 nitrogen and oxygen atoms in total. The highest BCUT2D eigenvalue weighted by Crippen LogP contribution is 2.50. The van der Waals surface area contributed by atoms with E-state index in [1.807, 2.05) is 0 Å². The predicted octanol–water partition coefficient (Wildman–Crippen LogP) is 2.94. The van der Waals surface area contributed by atoms with E-state index in [2.05, 4.69) is 10.3 Å². The summed E-state index contributed by atoms with van der Waals surface area (Å²) in [6, 6.07) is 8.52. The van der Waals surface area contributed by atoms with Crippen LogP contribution in [-0.2, 0) is 24.9 Å². The van der Waals surface area contributed by atoms with Gasteiger partial charge in [0.05, 0.1) is 25.4 Å². The molecule has 0 aliphatic carbocycles. The first kappa shape index (κ1) is 25.4. The highest BCUT2D eigenvalue weighted by atomic mass is 32.1. The average Bonchev–Trinajstić information content (AvgIpc) is 3.03. The molecule has 1 heterocycles. The number of rotatable bonds is 12. The summed E-state index contributed by atoms with van der Waals surface area (Å²) in [5.41, 5.74) is -0.172. The fraction of sp³-hybridized carbons (Fsp3) is 0.526. The second-order valence-corrected chi connectivity index (χ2v) is 10.1. The van der Waals surface area contributed by atoms with Crippen LogP contribution in [0.25, 0.3) is 0 Å². The number of carbonyl (C=O) groups excluding carboxylic acids is 1. The zero-order chi connectivity index (χ0) is 23.0. The molecule has 1 aromatic carbocycles. The third kappa shape index (κ3) is 8.29. The summed E-state index contributed by atoms with van der Waals surface area (Å²) in [6.07, 6.45) is -1.92. The standard InChI is InChI=1S/C19H28N3O7PS/c1-13(2)28-30(26,29-14(3)4)12-27-16(11-23)10-22-19(25)21-18(31-22)20-17(24)15-8-6-5-7-9-15/h5-9,13-14,16,23H,10-12H2,1-4H3,(H,20,21,24,25)/t16-/m0/s1. The summed E-state index contributed by atoms with van der Waals surface area (Å²) in [7, 11) is -3.55. The molecule has 172 valence electrons. The number of anilines is 1. The maximum atomic E-state index is 12.9. The SMILES string of the molecule is CC(C)OP(=O)(CO[C@H](CO)Cn1sc(NC(=O)c2ccccc2)nc1=O)OC(C)C. The van der Waals surface area contributed by atoms with Crippen molar-refractivity contribution in [2.45, 2.75) is 52.6 Å². The largest absolute Gasteiger partial charge is 0.394 e. The van der Waals surface area contributed by atoms with Gasteiger partial charge >= 0.3 is 13.3 Å². The molecule has 1 atom stereocenters. The molecule has 2 N–H and O–H groups in total. The first-order valence-corrected chi connectivity index (χ1v) is 12.2. The van der Waals surface area contributed by atoms with Crippen LogP contribution in [0.3, 0.4) is 0 Å². The minimum absolute atomic E-state index is 0.0441. The zero-order valence-electron chi connectivity index (χ0n) is 17.9. The van der Waals surface area contributed by atoms with E-state index in [0.717, 1.165) is 11.5 Å². The van der Waals surface area contributed by atoms with Gasteiger partial charge in [0.25, 0.3) is 5.91 Å². The Morgan fingerprint density at radius 1 is 1.19 bits per heavy atom. The van der Waals surface area contributed by atoms with Crippen molar-refractivity contribution in [3.8, 4) is 0 Å². The van der Waals surface area contributed by atoms with Gasteiger partial charge in [-0.25, -0.2) is 8.75 Å². The first-order valence-electron chi connectivity index (χ1n) is 9.74. The number of carbonyl (C=O) groups is 1. The lowest BCUT2D eigenvalue weighted by Gasteiger charge is -2.24. The van der Waals surface area contributed by atoms with Gasteiger partial charge < -0.3 is 18.9 Å². The Bertz CT molecular complexity index is 931. The quantitative estimate of drug-likeness (QED) is 0.450. The van der Waals surface area contributed by atoms with Crippen molar-refractivity contribution in [3.05, 3.63) is 46.4 Å². The summed E-state index contributed by atoms with van der Waals surface area (Å²) in [5, 5.41) is 12.3. The summed E-state index contributed by atoms with van der Waals surface area (Å²) in [4.78, 5) is 28.2. The van der Waals surface area contributed by atoms with Gasteiger partial charge in [0.2, 0.25) is 5.13 Å². The summed E-state index contributed by atoms with van der Waals surface area (Å²) in [5.74, 6) is -0.394. The molecule has 0 bridgehead atoms. The molecule has 1 amide bonds. The molecular formula is C19H28N3O7PS. The van der Waals surface area contributed by atoms with Crippen LogP contribution in [0.5, 0.6) is 0 Å². The number of benzene rings is 1. The molecule has 2 rings (SSSR count). The Morgan fingerprint density at radius 2 is 1.81 bits per heavy atom. The van der Waals surface area contributed by atoms with Gasteiger partial charge in [0.15, 0.2) is 0 Å². The van der Waals surface area contributed by atoms with E-state index in [1.54, 1.807) is 58.0 Å². The number of nitrogens with one attached hydrogen (secondary N) is 1. The van der Waals surface area contributed by atoms with Crippen LogP contribution in [0.15, 0.2) is 35.1 Å². The molecule has 0 fully saturated rings. The van der Waals surface area contributed by atoms with Crippen molar-refractivity contribution in [1.82, 2.24) is 8.94 Å². The first-order chi connectivity index (χ1) is 14.6. The second-order valence-electron chi connectivity index (χ2n) is 7.19. The molecule has 31 heavy (non-hydrogen) atoms. The smallest absolute Gasteiger partial charge is 0.359 e. The molecule has 0 aliphatic rings. The monoisotopic (exact) mass is 473 g/mol. The van der Waals surface area contributed by atoms with Crippen molar-refractivity contribution < 1.29 is 28.3 Å². The van der Waals surface area contributed by atoms with Crippen molar-refractivity contribution in [2.24, 2.45) is 0 Å².